The Hall–Kier alpha value is -2.63. The predicted molar refractivity (Wildman–Crippen MR) is 82.8 cm³/mol. The van der Waals surface area contributed by atoms with Gasteiger partial charge in [0.15, 0.2) is 5.69 Å². The van der Waals surface area contributed by atoms with Crippen LogP contribution in [0.5, 0.6) is 0 Å². The third-order valence-corrected chi connectivity index (χ3v) is 3.88. The third kappa shape index (κ3) is 3.41. The van der Waals surface area contributed by atoms with Gasteiger partial charge in [0.1, 0.15) is 6.26 Å². The van der Waals surface area contributed by atoms with Crippen molar-refractivity contribution < 1.29 is 19.1 Å². The Morgan fingerprint density at radius 3 is 2.65 bits per heavy atom. The van der Waals surface area contributed by atoms with Crippen LogP contribution in [0, 0.1) is 5.92 Å². The lowest BCUT2D eigenvalue weighted by Gasteiger charge is -2.23. The number of rotatable bonds is 6. The minimum atomic E-state index is -0.909. The van der Waals surface area contributed by atoms with Crippen molar-refractivity contribution in [2.24, 2.45) is 5.92 Å². The monoisotopic (exact) mass is 314 g/mol. The minimum Gasteiger partial charge on any atom is -0.481 e. The van der Waals surface area contributed by atoms with Crippen LogP contribution in [0.25, 0.3) is 11.5 Å². The summed E-state index contributed by atoms with van der Waals surface area (Å²) in [6.45, 7) is 1.79. The quantitative estimate of drug-likeness (QED) is 0.886. The highest BCUT2D eigenvalue weighted by Crippen LogP contribution is 2.29. The molecule has 1 heterocycles. The van der Waals surface area contributed by atoms with Gasteiger partial charge in [-0.15, -0.1) is 0 Å². The molecule has 2 aromatic rings. The van der Waals surface area contributed by atoms with Crippen LogP contribution < -0.4 is 0 Å². The zero-order chi connectivity index (χ0) is 16.4. The van der Waals surface area contributed by atoms with E-state index >= 15 is 0 Å². The van der Waals surface area contributed by atoms with E-state index in [2.05, 4.69) is 4.98 Å². The molecule has 120 valence electrons. The maximum absolute atomic E-state index is 12.6. The molecule has 0 spiro atoms. The standard InChI is InChI=1S/C17H18N2O4/c1-11(17(21)22)9-19(13-7-8-13)16(20)14-10-23-15(18-14)12-5-3-2-4-6-12/h2-6,10-11,13H,7-9H2,1H3,(H,21,22). The van der Waals surface area contributed by atoms with Gasteiger partial charge in [-0.05, 0) is 25.0 Å². The number of carbonyl (C=O) groups excluding carboxylic acids is 1. The first-order valence-electron chi connectivity index (χ1n) is 7.61. The predicted octanol–water partition coefficient (Wildman–Crippen LogP) is 2.67. The van der Waals surface area contributed by atoms with E-state index in [9.17, 15) is 9.59 Å². The number of carboxylic acids is 1. The van der Waals surface area contributed by atoms with Crippen LogP contribution in [0.15, 0.2) is 41.0 Å². The van der Waals surface area contributed by atoms with Gasteiger partial charge in [0, 0.05) is 18.2 Å². The topological polar surface area (TPSA) is 83.6 Å². The Balaban J connectivity index is 1.78. The molecule has 1 aliphatic rings. The summed E-state index contributed by atoms with van der Waals surface area (Å²) in [5.74, 6) is -1.41. The van der Waals surface area contributed by atoms with E-state index in [4.69, 9.17) is 9.52 Å². The molecule has 1 saturated carbocycles. The molecule has 1 aromatic heterocycles. The molecular formula is C17H18N2O4. The van der Waals surface area contributed by atoms with E-state index in [0.717, 1.165) is 18.4 Å². The molecule has 1 atom stereocenters. The molecule has 3 rings (SSSR count). The van der Waals surface area contributed by atoms with Gasteiger partial charge in [0.05, 0.1) is 5.92 Å². The van der Waals surface area contributed by atoms with E-state index in [1.54, 1.807) is 11.8 Å². The number of carboxylic acid groups (broad SMARTS) is 1. The molecule has 1 unspecified atom stereocenters. The summed E-state index contributed by atoms with van der Waals surface area (Å²) in [6, 6.07) is 9.44. The van der Waals surface area contributed by atoms with Crippen LogP contribution in [0.1, 0.15) is 30.3 Å². The van der Waals surface area contributed by atoms with Crippen LogP contribution in [-0.4, -0.2) is 39.5 Å². The van der Waals surface area contributed by atoms with Crippen LogP contribution in [0.4, 0.5) is 0 Å². The van der Waals surface area contributed by atoms with Crippen LogP contribution in [0.2, 0.25) is 0 Å². The highest BCUT2D eigenvalue weighted by molar-refractivity contribution is 5.93. The van der Waals surface area contributed by atoms with Crippen molar-refractivity contribution in [3.8, 4) is 11.5 Å². The van der Waals surface area contributed by atoms with Crippen molar-refractivity contribution in [2.75, 3.05) is 6.54 Å². The number of hydrogen-bond acceptors (Lipinski definition) is 4. The fraction of sp³-hybridized carbons (Fsp3) is 0.353. The number of hydrogen-bond donors (Lipinski definition) is 1. The second-order valence-corrected chi connectivity index (χ2v) is 5.83. The first-order valence-corrected chi connectivity index (χ1v) is 7.61. The molecule has 1 aliphatic carbocycles. The van der Waals surface area contributed by atoms with Gasteiger partial charge in [-0.3, -0.25) is 9.59 Å². The maximum Gasteiger partial charge on any atom is 0.308 e. The van der Waals surface area contributed by atoms with Crippen molar-refractivity contribution in [2.45, 2.75) is 25.8 Å². The van der Waals surface area contributed by atoms with Gasteiger partial charge in [0.25, 0.3) is 5.91 Å². The molecule has 6 heteroatoms. The first-order chi connectivity index (χ1) is 11.1. The van der Waals surface area contributed by atoms with E-state index in [1.165, 1.54) is 6.26 Å². The Labute approximate surface area is 133 Å². The molecule has 6 nitrogen and oxygen atoms in total. The van der Waals surface area contributed by atoms with Gasteiger partial charge in [-0.25, -0.2) is 4.98 Å². The fourth-order valence-electron chi connectivity index (χ4n) is 2.39. The van der Waals surface area contributed by atoms with Gasteiger partial charge < -0.3 is 14.4 Å². The average molecular weight is 314 g/mol. The Morgan fingerprint density at radius 2 is 2.04 bits per heavy atom. The van der Waals surface area contributed by atoms with Gasteiger partial charge in [-0.1, -0.05) is 25.1 Å². The van der Waals surface area contributed by atoms with E-state index in [-0.39, 0.29) is 24.2 Å². The average Bonchev–Trinajstić information content (AvgIpc) is 3.28. The van der Waals surface area contributed by atoms with E-state index < -0.39 is 11.9 Å². The molecule has 0 aliphatic heterocycles. The molecule has 1 N–H and O–H groups in total. The van der Waals surface area contributed by atoms with Gasteiger partial charge >= 0.3 is 5.97 Å². The maximum atomic E-state index is 12.6. The number of amides is 1. The summed E-state index contributed by atoms with van der Waals surface area (Å²) in [4.78, 5) is 29.6. The molecule has 1 fully saturated rings. The lowest BCUT2D eigenvalue weighted by molar-refractivity contribution is -0.141. The number of nitrogens with zero attached hydrogens (tertiary/aromatic N) is 2. The summed E-state index contributed by atoms with van der Waals surface area (Å²) in [6.07, 6.45) is 3.15. The van der Waals surface area contributed by atoms with Crippen LogP contribution >= 0.6 is 0 Å². The summed E-state index contributed by atoms with van der Waals surface area (Å²) in [7, 11) is 0. The molecular weight excluding hydrogens is 296 g/mol. The number of carbonyl (C=O) groups is 2. The fourth-order valence-corrected chi connectivity index (χ4v) is 2.39. The van der Waals surface area contributed by atoms with Crippen molar-refractivity contribution >= 4 is 11.9 Å². The Kier molecular flexibility index (Phi) is 4.14. The molecule has 1 aromatic carbocycles. The molecule has 1 amide bonds. The normalized spacial score (nSPS) is 15.2. The zero-order valence-electron chi connectivity index (χ0n) is 12.8. The van der Waals surface area contributed by atoms with Crippen molar-refractivity contribution in [3.05, 3.63) is 42.3 Å². The minimum absolute atomic E-state index is 0.112. The van der Waals surface area contributed by atoms with Gasteiger partial charge in [-0.2, -0.15) is 0 Å². The number of aromatic nitrogens is 1. The van der Waals surface area contributed by atoms with Crippen molar-refractivity contribution in [1.29, 1.82) is 0 Å². The molecule has 0 saturated heterocycles. The number of benzene rings is 1. The largest absolute Gasteiger partial charge is 0.481 e. The Morgan fingerprint density at radius 1 is 1.35 bits per heavy atom. The lowest BCUT2D eigenvalue weighted by Crippen LogP contribution is -2.38. The lowest BCUT2D eigenvalue weighted by atomic mass is 10.1. The highest BCUT2D eigenvalue weighted by Gasteiger charge is 2.36. The first kappa shape index (κ1) is 15.3. The SMILES string of the molecule is CC(CN(C(=O)c1coc(-c2ccccc2)n1)C1CC1)C(=O)O. The van der Waals surface area contributed by atoms with E-state index in [1.807, 2.05) is 30.3 Å². The van der Waals surface area contributed by atoms with E-state index in [0.29, 0.717) is 5.89 Å². The molecule has 0 radical (unpaired) electrons. The zero-order valence-corrected chi connectivity index (χ0v) is 12.8. The highest BCUT2D eigenvalue weighted by atomic mass is 16.4. The molecule has 23 heavy (non-hydrogen) atoms. The second-order valence-electron chi connectivity index (χ2n) is 5.83. The smallest absolute Gasteiger partial charge is 0.308 e. The number of aliphatic carboxylic acids is 1. The summed E-state index contributed by atoms with van der Waals surface area (Å²) in [5, 5.41) is 9.07. The third-order valence-electron chi connectivity index (χ3n) is 3.88. The van der Waals surface area contributed by atoms with Crippen LogP contribution in [0.3, 0.4) is 0 Å². The molecule has 0 bridgehead atoms. The summed E-state index contributed by atoms with van der Waals surface area (Å²) in [5.41, 5.74) is 1.01. The summed E-state index contributed by atoms with van der Waals surface area (Å²) >= 11 is 0. The van der Waals surface area contributed by atoms with Crippen molar-refractivity contribution in [3.63, 3.8) is 0 Å². The number of oxazole rings is 1. The van der Waals surface area contributed by atoms with Crippen LogP contribution in [-0.2, 0) is 4.79 Å². The van der Waals surface area contributed by atoms with Gasteiger partial charge in [0.2, 0.25) is 5.89 Å². The van der Waals surface area contributed by atoms with Crippen molar-refractivity contribution in [1.82, 2.24) is 9.88 Å². The summed E-state index contributed by atoms with van der Waals surface area (Å²) < 4.78 is 5.40. The second kappa shape index (κ2) is 6.24. The Bertz CT molecular complexity index is 706.